The Balaban J connectivity index is 1.74. The number of likely N-dealkylation sites (N-methyl/N-ethyl adjacent to an activating group) is 2. The topological polar surface area (TPSA) is 429 Å². The molecule has 0 aromatic heterocycles. The van der Waals surface area contributed by atoms with E-state index in [1.807, 2.05) is 30.3 Å². The summed E-state index contributed by atoms with van der Waals surface area (Å²) >= 11 is 0. The number of carbonyl (C=O) groups is 13. The Morgan fingerprint density at radius 2 is 0.989 bits per heavy atom. The zero-order chi connectivity index (χ0) is 65.9. The molecule has 0 bridgehead atoms. The van der Waals surface area contributed by atoms with Crippen LogP contribution in [0.2, 0.25) is 0 Å². The summed E-state index contributed by atoms with van der Waals surface area (Å²) in [5.74, 6) is -13.0. The van der Waals surface area contributed by atoms with Crippen LogP contribution in [0.4, 0.5) is 0 Å². The highest BCUT2D eigenvalue weighted by Gasteiger charge is 2.37. The fourth-order valence-corrected chi connectivity index (χ4v) is 8.88. The summed E-state index contributed by atoms with van der Waals surface area (Å²) in [7, 11) is 2.51. The number of carbonyl (C=O) groups excluding carboxylic acids is 11. The fraction of sp³-hybridized carbons (Fsp3) is 0.483. The van der Waals surface area contributed by atoms with Gasteiger partial charge in [0.15, 0.2) is 0 Å². The van der Waals surface area contributed by atoms with E-state index in [0.29, 0.717) is 11.1 Å². The zero-order valence-electron chi connectivity index (χ0n) is 51.0. The summed E-state index contributed by atoms with van der Waals surface area (Å²) in [6, 6.07) is 12.6. The Morgan fingerprint density at radius 3 is 1.50 bits per heavy atom. The largest absolute Gasteiger partial charge is 0.481 e. The molecule has 3 aromatic rings. The second-order valence-electron chi connectivity index (χ2n) is 22.1. The Morgan fingerprint density at radius 1 is 0.489 bits per heavy atom. The highest BCUT2D eigenvalue weighted by Crippen LogP contribution is 2.14. The molecule has 0 saturated heterocycles. The molecule has 88 heavy (non-hydrogen) atoms. The third-order valence-electron chi connectivity index (χ3n) is 14.0. The van der Waals surface area contributed by atoms with Gasteiger partial charge in [-0.2, -0.15) is 0 Å². The Bertz CT molecular complexity index is 2900. The number of benzene rings is 3. The van der Waals surface area contributed by atoms with Crippen LogP contribution >= 0.6 is 0 Å². The summed E-state index contributed by atoms with van der Waals surface area (Å²) in [6.07, 6.45) is -0.894. The van der Waals surface area contributed by atoms with E-state index in [4.69, 9.17) is 11.5 Å². The first-order valence-corrected chi connectivity index (χ1v) is 28.6. The molecule has 0 heterocycles. The SMILES string of the molecule is CC(C)C[C@H](NC(=O)CNC(=O)[C@H](Cc1ccccc1)N(C)C(=O)[C@H](C)NC(=O)[C@@H](N)Cc1ccccc1)C(=O)N[C@@H](C)C(=O)N[C@H](C(=O)N[C@@H](Cc1ccccc1)C(=O)N[C@@H](CC(=O)O)C(=O)N(C)[C@@H](C)C(=O)N[C@@H](CNCC(N)=O)C(=O)O)C(C)C. The maximum Gasteiger partial charge on any atom is 0.327 e. The molecule has 3 rings (SSSR count). The van der Waals surface area contributed by atoms with Gasteiger partial charge in [0.1, 0.15) is 54.4 Å². The van der Waals surface area contributed by atoms with E-state index in [1.54, 1.807) is 88.4 Å². The van der Waals surface area contributed by atoms with E-state index in [-0.39, 0.29) is 31.6 Å². The number of carboxylic acids is 2. The molecule has 0 radical (unpaired) electrons. The van der Waals surface area contributed by atoms with Crippen molar-refractivity contribution >= 4 is 76.9 Å². The van der Waals surface area contributed by atoms with Gasteiger partial charge in [-0.3, -0.25) is 57.5 Å². The maximum atomic E-state index is 14.2. The molecule has 0 aliphatic carbocycles. The summed E-state index contributed by atoms with van der Waals surface area (Å²) in [5, 5.41) is 42.0. The quantitative estimate of drug-likeness (QED) is 0.0289. The number of hydrogen-bond acceptors (Lipinski definition) is 15. The number of aliphatic carboxylic acids is 2. The second-order valence-corrected chi connectivity index (χ2v) is 22.1. The standard InChI is InChI=1S/C60H85N13O15/c1-33(2)25-42(67-48(75)32-64-56(83)46(28-40-23-17-12-18-24-40)73(9)58(85)36(6)66-53(80)41(61)26-38-19-13-10-14-20-38)54(81)65-35(5)51(78)71-50(34(3)4)57(84)68-43(27-39-21-15-11-16-22-39)55(82)69-44(29-49(76)77)59(86)72(8)37(7)52(79)70-45(60(87)88)30-63-31-47(62)74/h10-24,33-37,41-46,50,63H,25-32,61H2,1-9H3,(H2,62,74)(H,64,83)(H,65,81)(H,66,80)(H,67,75)(H,68,84)(H,69,82)(H,70,79)(H,71,78)(H,76,77)(H,87,88)/t35-,36-,37-,41-,42-,43-,44-,45-,46-,50-/m0/s1. The number of carboxylic acid groups (broad SMARTS) is 2. The zero-order valence-corrected chi connectivity index (χ0v) is 51.0. The molecular weight excluding hydrogens is 1140 g/mol. The van der Waals surface area contributed by atoms with E-state index in [1.165, 1.54) is 32.7 Å². The average Bonchev–Trinajstić information content (AvgIpc) is 3.68. The lowest BCUT2D eigenvalue weighted by Gasteiger charge is -2.30. The highest BCUT2D eigenvalue weighted by atomic mass is 16.4. The number of amides is 11. The number of rotatable bonds is 36. The van der Waals surface area contributed by atoms with Crippen molar-refractivity contribution < 1.29 is 72.5 Å². The van der Waals surface area contributed by atoms with Crippen LogP contribution < -0.4 is 59.3 Å². The van der Waals surface area contributed by atoms with Crippen molar-refractivity contribution in [1.29, 1.82) is 0 Å². The molecule has 15 N–H and O–H groups in total. The van der Waals surface area contributed by atoms with Crippen LogP contribution in [0.25, 0.3) is 0 Å². The maximum absolute atomic E-state index is 14.2. The molecule has 0 aliphatic rings. The van der Waals surface area contributed by atoms with E-state index in [9.17, 15) is 72.5 Å². The van der Waals surface area contributed by atoms with Crippen LogP contribution in [0.1, 0.15) is 78.0 Å². The summed E-state index contributed by atoms with van der Waals surface area (Å²) < 4.78 is 0. The van der Waals surface area contributed by atoms with Crippen molar-refractivity contribution in [1.82, 2.24) is 57.7 Å². The van der Waals surface area contributed by atoms with Gasteiger partial charge in [-0.25, -0.2) is 4.79 Å². The van der Waals surface area contributed by atoms with Crippen LogP contribution in [0, 0.1) is 11.8 Å². The predicted octanol–water partition coefficient (Wildman–Crippen LogP) is -2.40. The van der Waals surface area contributed by atoms with Gasteiger partial charge in [0, 0.05) is 33.5 Å². The van der Waals surface area contributed by atoms with Gasteiger partial charge in [0.05, 0.1) is 25.6 Å². The molecule has 0 saturated carbocycles. The minimum atomic E-state index is -1.84. The molecule has 11 amide bonds. The normalized spacial score (nSPS) is 14.5. The molecule has 10 atom stereocenters. The average molecular weight is 1230 g/mol. The number of nitrogens with one attached hydrogen (secondary N) is 9. The van der Waals surface area contributed by atoms with Crippen molar-refractivity contribution in [2.24, 2.45) is 23.3 Å². The third-order valence-corrected chi connectivity index (χ3v) is 14.0. The summed E-state index contributed by atoms with van der Waals surface area (Å²) in [6.45, 7) is 9.29. The molecular formula is C60H85N13O15. The molecule has 0 aliphatic heterocycles. The van der Waals surface area contributed by atoms with Crippen molar-refractivity contribution in [2.75, 3.05) is 33.7 Å². The van der Waals surface area contributed by atoms with Crippen LogP contribution in [0.15, 0.2) is 91.0 Å². The fourth-order valence-electron chi connectivity index (χ4n) is 8.88. The first kappa shape index (κ1) is 72.9. The van der Waals surface area contributed by atoms with Crippen molar-refractivity contribution in [3.05, 3.63) is 108 Å². The monoisotopic (exact) mass is 1230 g/mol. The lowest BCUT2D eigenvalue weighted by molar-refractivity contribution is -0.147. The number of nitrogens with two attached hydrogens (primary N) is 2. The van der Waals surface area contributed by atoms with Gasteiger partial charge in [0.25, 0.3) is 0 Å². The minimum absolute atomic E-state index is 0.0229. The smallest absolute Gasteiger partial charge is 0.327 e. The molecule has 0 fully saturated rings. The van der Waals surface area contributed by atoms with E-state index < -0.39 is 169 Å². The van der Waals surface area contributed by atoms with E-state index in [2.05, 4.69) is 47.9 Å². The summed E-state index contributed by atoms with van der Waals surface area (Å²) in [5.41, 5.74) is 13.3. The summed E-state index contributed by atoms with van der Waals surface area (Å²) in [4.78, 5) is 174. The van der Waals surface area contributed by atoms with E-state index >= 15 is 0 Å². The first-order chi connectivity index (χ1) is 41.4. The van der Waals surface area contributed by atoms with Crippen molar-refractivity contribution in [3.63, 3.8) is 0 Å². The lowest BCUT2D eigenvalue weighted by atomic mass is 10.00. The molecule has 28 nitrogen and oxygen atoms in total. The van der Waals surface area contributed by atoms with Crippen molar-refractivity contribution in [2.45, 2.75) is 141 Å². The molecule has 0 spiro atoms. The number of nitrogens with zero attached hydrogens (tertiary/aromatic N) is 2. The Labute approximate surface area is 511 Å². The van der Waals surface area contributed by atoms with Gasteiger partial charge in [0.2, 0.25) is 65.0 Å². The number of hydrogen-bond donors (Lipinski definition) is 13. The van der Waals surface area contributed by atoms with Gasteiger partial charge >= 0.3 is 11.9 Å². The Hall–Kier alpha value is -9.31. The Kier molecular flexibility index (Phi) is 29.8. The van der Waals surface area contributed by atoms with Crippen molar-refractivity contribution in [3.8, 4) is 0 Å². The first-order valence-electron chi connectivity index (χ1n) is 28.6. The van der Waals surface area contributed by atoms with Crippen LogP contribution in [0.5, 0.6) is 0 Å². The van der Waals surface area contributed by atoms with Crippen LogP contribution in [-0.4, -0.2) is 191 Å². The minimum Gasteiger partial charge on any atom is -0.481 e. The van der Waals surface area contributed by atoms with Gasteiger partial charge < -0.3 is 79.3 Å². The third kappa shape index (κ3) is 24.6. The molecule has 28 heteroatoms. The molecule has 0 unspecified atom stereocenters. The highest BCUT2D eigenvalue weighted by molar-refractivity contribution is 5.99. The number of primary amides is 1. The predicted molar refractivity (Wildman–Crippen MR) is 321 cm³/mol. The second kappa shape index (κ2) is 36.0. The van der Waals surface area contributed by atoms with Crippen LogP contribution in [0.3, 0.4) is 0 Å². The van der Waals surface area contributed by atoms with E-state index in [0.717, 1.165) is 17.5 Å². The van der Waals surface area contributed by atoms with Gasteiger partial charge in [-0.05, 0) is 62.1 Å². The molecule has 480 valence electrons. The van der Waals surface area contributed by atoms with Gasteiger partial charge in [-0.15, -0.1) is 0 Å². The van der Waals surface area contributed by atoms with Crippen LogP contribution in [-0.2, 0) is 81.6 Å². The lowest BCUT2D eigenvalue weighted by Crippen LogP contribution is -2.61. The molecule has 3 aromatic carbocycles. The van der Waals surface area contributed by atoms with Gasteiger partial charge in [-0.1, -0.05) is 119 Å².